The van der Waals surface area contributed by atoms with Crippen molar-refractivity contribution in [1.29, 1.82) is 0 Å². The summed E-state index contributed by atoms with van der Waals surface area (Å²) in [5, 5.41) is 5.23. The zero-order valence-corrected chi connectivity index (χ0v) is 13.3. The molecule has 2 aliphatic rings. The van der Waals surface area contributed by atoms with E-state index in [4.69, 9.17) is 16.7 Å². The highest BCUT2D eigenvalue weighted by molar-refractivity contribution is 8.19. The first-order valence-corrected chi connectivity index (χ1v) is 9.13. The topological polar surface area (TPSA) is 63.4 Å². The average Bonchev–Trinajstić information content (AvgIpc) is 3.10. The Morgan fingerprint density at radius 3 is 2.55 bits per heavy atom. The van der Waals surface area contributed by atoms with E-state index in [9.17, 15) is 8.42 Å². The maximum absolute atomic E-state index is 11.5. The van der Waals surface area contributed by atoms with Crippen molar-refractivity contribution in [1.82, 2.24) is 4.90 Å². The largest absolute Gasteiger partial charge is 0.345 e. The Morgan fingerprint density at radius 2 is 2.00 bits per heavy atom. The number of rotatable bonds is 3. The fourth-order valence-electron chi connectivity index (χ4n) is 2.71. The van der Waals surface area contributed by atoms with E-state index in [1.807, 2.05) is 23.1 Å². The zero-order valence-electron chi connectivity index (χ0n) is 10.9. The summed E-state index contributed by atoms with van der Waals surface area (Å²) in [6, 6.07) is 10.5. The Bertz CT molecular complexity index is 660. The van der Waals surface area contributed by atoms with Crippen molar-refractivity contribution in [3.05, 3.63) is 45.8 Å². The number of benzene rings is 1. The third kappa shape index (κ3) is 2.45. The molecule has 7 heteroatoms. The summed E-state index contributed by atoms with van der Waals surface area (Å²) in [5.41, 5.74) is 1.93. The molecule has 0 amide bonds. The van der Waals surface area contributed by atoms with Gasteiger partial charge in [0.25, 0.3) is 0 Å². The quantitative estimate of drug-likeness (QED) is 0.683. The Morgan fingerprint density at radius 1 is 1.35 bits per heavy atom. The van der Waals surface area contributed by atoms with Gasteiger partial charge in [0.1, 0.15) is 4.24 Å². The fourth-order valence-corrected chi connectivity index (χ4v) is 5.63. The molecule has 20 heavy (non-hydrogen) atoms. The van der Waals surface area contributed by atoms with Crippen LogP contribution in [0.5, 0.6) is 0 Å². The summed E-state index contributed by atoms with van der Waals surface area (Å²) in [5.74, 6) is 0.410. The van der Waals surface area contributed by atoms with Crippen molar-refractivity contribution in [2.45, 2.75) is 30.1 Å². The van der Waals surface area contributed by atoms with Gasteiger partial charge < -0.3 is 4.90 Å². The molecule has 3 atom stereocenters. The Hall–Kier alpha value is -0.690. The summed E-state index contributed by atoms with van der Waals surface area (Å²) in [4.78, 5) is 1.57. The second-order valence-corrected chi connectivity index (χ2v) is 8.57. The average molecular weight is 331 g/mol. The lowest BCUT2D eigenvalue weighted by Crippen LogP contribution is -2.27. The van der Waals surface area contributed by atoms with Crippen LogP contribution in [-0.4, -0.2) is 24.2 Å². The van der Waals surface area contributed by atoms with Gasteiger partial charge in [0.2, 0.25) is 10.0 Å². The molecule has 1 fully saturated rings. The summed E-state index contributed by atoms with van der Waals surface area (Å²) in [6.45, 7) is 1.77. The Kier molecular flexibility index (Phi) is 3.52. The van der Waals surface area contributed by atoms with E-state index in [1.165, 1.54) is 5.56 Å². The number of sulfonamides is 1. The first kappa shape index (κ1) is 14.3. The maximum atomic E-state index is 11.5. The highest BCUT2D eigenvalue weighted by Gasteiger charge is 2.49. The normalized spacial score (nSPS) is 29.9. The van der Waals surface area contributed by atoms with Gasteiger partial charge >= 0.3 is 0 Å². The monoisotopic (exact) mass is 330 g/mol. The van der Waals surface area contributed by atoms with Crippen LogP contribution in [0.4, 0.5) is 0 Å². The molecule has 0 aromatic heterocycles. The Balaban J connectivity index is 1.85. The number of nitrogens with two attached hydrogens (primary N) is 1. The zero-order chi connectivity index (χ0) is 14.5. The van der Waals surface area contributed by atoms with Crippen LogP contribution in [-0.2, 0) is 10.0 Å². The SMILES string of the molecule is CC1=C(S(N)(=O)=O)SC(Cl)N1C1CC1c1ccccc1. The number of allylic oxidation sites excluding steroid dienone is 1. The lowest BCUT2D eigenvalue weighted by atomic mass is 10.1. The molecule has 0 saturated heterocycles. The van der Waals surface area contributed by atoms with Gasteiger partial charge in [-0.3, -0.25) is 0 Å². The molecule has 3 rings (SSSR count). The van der Waals surface area contributed by atoms with Crippen molar-refractivity contribution in [3.8, 4) is 0 Å². The smallest absolute Gasteiger partial charge is 0.245 e. The second-order valence-electron chi connectivity index (χ2n) is 5.06. The molecule has 1 aromatic rings. The number of thioether (sulfide) groups is 1. The van der Waals surface area contributed by atoms with Crippen LogP contribution in [0, 0.1) is 0 Å². The molecule has 4 nitrogen and oxygen atoms in total. The molecule has 1 aliphatic carbocycles. The van der Waals surface area contributed by atoms with Gasteiger partial charge in [-0.05, 0) is 18.9 Å². The van der Waals surface area contributed by atoms with Crippen LogP contribution in [0.1, 0.15) is 24.8 Å². The molecule has 1 heterocycles. The van der Waals surface area contributed by atoms with Crippen LogP contribution < -0.4 is 5.14 Å². The highest BCUT2D eigenvalue weighted by Crippen LogP contribution is 2.53. The first-order chi connectivity index (χ1) is 9.39. The molecular formula is C13H15ClN2O2S2. The van der Waals surface area contributed by atoms with E-state index in [-0.39, 0.29) is 10.3 Å². The number of alkyl halides is 1. The van der Waals surface area contributed by atoms with Crippen molar-refractivity contribution >= 4 is 33.4 Å². The summed E-state index contributed by atoms with van der Waals surface area (Å²) in [6.07, 6.45) is 0.989. The molecule has 108 valence electrons. The molecule has 0 bridgehead atoms. The number of hydrogen-bond acceptors (Lipinski definition) is 4. The van der Waals surface area contributed by atoms with Crippen LogP contribution in [0.2, 0.25) is 0 Å². The number of nitrogens with zero attached hydrogens (tertiary/aromatic N) is 1. The van der Waals surface area contributed by atoms with Crippen molar-refractivity contribution in [3.63, 3.8) is 0 Å². The molecule has 3 unspecified atom stereocenters. The van der Waals surface area contributed by atoms with Gasteiger partial charge in [0, 0.05) is 17.7 Å². The third-order valence-corrected chi connectivity index (χ3v) is 6.91. The molecule has 1 aromatic carbocycles. The molecule has 2 N–H and O–H groups in total. The fraction of sp³-hybridized carbons (Fsp3) is 0.385. The minimum Gasteiger partial charge on any atom is -0.345 e. The van der Waals surface area contributed by atoms with Crippen molar-refractivity contribution in [2.24, 2.45) is 5.14 Å². The summed E-state index contributed by atoms with van der Waals surface area (Å²) < 4.78 is 23.3. The summed E-state index contributed by atoms with van der Waals surface area (Å²) >= 11 is 7.40. The number of primary sulfonamides is 1. The molecule has 1 saturated carbocycles. The second kappa shape index (κ2) is 4.94. The lowest BCUT2D eigenvalue weighted by molar-refractivity contribution is 0.369. The van der Waals surface area contributed by atoms with Crippen LogP contribution >= 0.6 is 23.4 Å². The van der Waals surface area contributed by atoms with Crippen molar-refractivity contribution in [2.75, 3.05) is 0 Å². The summed E-state index contributed by atoms with van der Waals surface area (Å²) in [7, 11) is -3.69. The predicted molar refractivity (Wildman–Crippen MR) is 82.5 cm³/mol. The van der Waals surface area contributed by atoms with Gasteiger partial charge in [-0.2, -0.15) is 0 Å². The van der Waals surface area contributed by atoms with E-state index >= 15 is 0 Å². The molecule has 0 radical (unpaired) electrons. The predicted octanol–water partition coefficient (Wildman–Crippen LogP) is 2.59. The lowest BCUT2D eigenvalue weighted by Gasteiger charge is -2.23. The van der Waals surface area contributed by atoms with E-state index in [0.29, 0.717) is 11.6 Å². The van der Waals surface area contributed by atoms with Gasteiger partial charge in [0.05, 0.1) is 0 Å². The number of hydrogen-bond donors (Lipinski definition) is 1. The van der Waals surface area contributed by atoms with E-state index in [2.05, 4.69) is 12.1 Å². The Labute approximate surface area is 128 Å². The first-order valence-electron chi connectivity index (χ1n) is 6.27. The standard InChI is InChI=1S/C13H15ClN2O2S2/c1-8-12(20(15,17)18)19-13(14)16(8)11-7-10(11)9-5-3-2-4-6-9/h2-6,10-11,13H,7H2,1H3,(H2,15,17,18). The van der Waals surface area contributed by atoms with Crippen molar-refractivity contribution < 1.29 is 8.42 Å². The van der Waals surface area contributed by atoms with E-state index in [0.717, 1.165) is 18.2 Å². The maximum Gasteiger partial charge on any atom is 0.245 e. The minimum atomic E-state index is -3.69. The van der Waals surface area contributed by atoms with Crippen LogP contribution in [0.3, 0.4) is 0 Å². The highest BCUT2D eigenvalue weighted by atomic mass is 35.5. The van der Waals surface area contributed by atoms with Gasteiger partial charge in [0.15, 0.2) is 4.83 Å². The van der Waals surface area contributed by atoms with Crippen LogP contribution in [0.15, 0.2) is 40.3 Å². The molecule has 0 spiro atoms. The number of halogens is 1. The van der Waals surface area contributed by atoms with E-state index in [1.54, 1.807) is 6.92 Å². The minimum absolute atomic E-state index is 0.191. The van der Waals surface area contributed by atoms with E-state index < -0.39 is 14.9 Å². The van der Waals surface area contributed by atoms with Gasteiger partial charge in [-0.25, -0.2) is 13.6 Å². The third-order valence-electron chi connectivity index (χ3n) is 3.71. The van der Waals surface area contributed by atoms with Gasteiger partial charge in [-0.1, -0.05) is 53.7 Å². The molecular weight excluding hydrogens is 316 g/mol. The molecule has 1 aliphatic heterocycles. The van der Waals surface area contributed by atoms with Gasteiger partial charge in [-0.15, -0.1) is 0 Å². The van der Waals surface area contributed by atoms with Crippen LogP contribution in [0.25, 0.3) is 0 Å².